The van der Waals surface area contributed by atoms with Crippen molar-refractivity contribution in [3.8, 4) is 0 Å². The van der Waals surface area contributed by atoms with Crippen LogP contribution in [0.3, 0.4) is 0 Å². The van der Waals surface area contributed by atoms with Crippen LogP contribution >= 0.6 is 11.6 Å². The summed E-state index contributed by atoms with van der Waals surface area (Å²) in [5, 5.41) is 9.74. The molecule has 0 bridgehead atoms. The van der Waals surface area contributed by atoms with E-state index in [1.807, 2.05) is 6.92 Å². The Bertz CT molecular complexity index is 513. The molecule has 72 valence electrons. The zero-order valence-corrected chi connectivity index (χ0v) is 8.13. The average molecular weight is 211 g/mol. The maximum Gasteiger partial charge on any atom is 0.339 e. The molecule has 1 heterocycles. The quantitative estimate of drug-likeness (QED) is 0.787. The molecule has 2 rings (SSSR count). The largest absolute Gasteiger partial charge is 0.478 e. The molecule has 0 radical (unpaired) electrons. The van der Waals surface area contributed by atoms with Gasteiger partial charge in [0.15, 0.2) is 0 Å². The lowest BCUT2D eigenvalue weighted by molar-refractivity contribution is 0.0698. The molecule has 0 saturated carbocycles. The molecule has 0 aliphatic rings. The summed E-state index contributed by atoms with van der Waals surface area (Å²) >= 11 is 5.90. The van der Waals surface area contributed by atoms with Gasteiger partial charge in [0.25, 0.3) is 0 Å². The van der Waals surface area contributed by atoms with E-state index in [2.05, 4.69) is 0 Å². The number of benzene rings is 1. The van der Waals surface area contributed by atoms with Crippen molar-refractivity contribution in [3.63, 3.8) is 0 Å². The van der Waals surface area contributed by atoms with Gasteiger partial charge in [-0.2, -0.15) is 0 Å². The molecule has 4 heteroatoms. The summed E-state index contributed by atoms with van der Waals surface area (Å²) in [6, 6.07) is 3.46. The molecule has 0 amide bonds. The minimum Gasteiger partial charge on any atom is -0.478 e. The van der Waals surface area contributed by atoms with E-state index in [0.29, 0.717) is 16.0 Å². The number of furan rings is 1. The van der Waals surface area contributed by atoms with E-state index >= 15 is 0 Å². The Balaban J connectivity index is 2.90. The maximum atomic E-state index is 10.8. The molecule has 0 spiro atoms. The Morgan fingerprint density at radius 1 is 1.50 bits per heavy atom. The van der Waals surface area contributed by atoms with E-state index in [4.69, 9.17) is 21.1 Å². The van der Waals surface area contributed by atoms with Crippen molar-refractivity contribution in [2.24, 2.45) is 0 Å². The topological polar surface area (TPSA) is 50.4 Å². The molecule has 2 aromatic rings. The van der Waals surface area contributed by atoms with E-state index in [1.54, 1.807) is 12.1 Å². The molecule has 0 aliphatic carbocycles. The van der Waals surface area contributed by atoms with Gasteiger partial charge < -0.3 is 9.52 Å². The van der Waals surface area contributed by atoms with Crippen molar-refractivity contribution in [3.05, 3.63) is 34.5 Å². The summed E-state index contributed by atoms with van der Waals surface area (Å²) in [4.78, 5) is 10.8. The first kappa shape index (κ1) is 9.09. The van der Waals surface area contributed by atoms with Gasteiger partial charge in [0.1, 0.15) is 17.4 Å². The van der Waals surface area contributed by atoms with Gasteiger partial charge >= 0.3 is 5.97 Å². The van der Waals surface area contributed by atoms with Crippen molar-refractivity contribution in [1.82, 2.24) is 0 Å². The number of carboxylic acids is 1. The normalized spacial score (nSPS) is 10.7. The highest BCUT2D eigenvalue weighted by Gasteiger charge is 2.16. The first-order chi connectivity index (χ1) is 6.61. The molecule has 1 aromatic heterocycles. The van der Waals surface area contributed by atoms with Gasteiger partial charge in [-0.15, -0.1) is 0 Å². The maximum absolute atomic E-state index is 10.8. The fourth-order valence-corrected chi connectivity index (χ4v) is 1.65. The molecular formula is C10H7ClO3. The third-order valence-corrected chi connectivity index (χ3v) is 2.41. The second-order valence-electron chi connectivity index (χ2n) is 3.02. The summed E-state index contributed by atoms with van der Waals surface area (Å²) in [7, 11) is 0. The highest BCUT2D eigenvalue weighted by molar-refractivity contribution is 6.36. The fraction of sp³-hybridized carbons (Fsp3) is 0.100. The SMILES string of the molecule is Cc1ccc(Cl)c2c(C(=O)O)coc12. The Hall–Kier alpha value is -1.48. The van der Waals surface area contributed by atoms with Crippen LogP contribution in [0.2, 0.25) is 5.02 Å². The van der Waals surface area contributed by atoms with Gasteiger partial charge in [-0.3, -0.25) is 0 Å². The zero-order chi connectivity index (χ0) is 10.3. The van der Waals surface area contributed by atoms with Crippen molar-refractivity contribution in [2.45, 2.75) is 6.92 Å². The van der Waals surface area contributed by atoms with Gasteiger partial charge in [0.05, 0.1) is 10.4 Å². The number of aromatic carboxylic acids is 1. The molecule has 1 N–H and O–H groups in total. The van der Waals surface area contributed by atoms with Gasteiger partial charge in [-0.05, 0) is 18.6 Å². The van der Waals surface area contributed by atoms with Gasteiger partial charge in [0, 0.05) is 0 Å². The summed E-state index contributed by atoms with van der Waals surface area (Å²) in [6.45, 7) is 1.84. The smallest absolute Gasteiger partial charge is 0.339 e. The van der Waals surface area contributed by atoms with E-state index < -0.39 is 5.97 Å². The standard InChI is InChI=1S/C10H7ClO3/c1-5-2-3-7(11)8-6(10(12)13)4-14-9(5)8/h2-4H,1H3,(H,12,13). The number of hydrogen-bond donors (Lipinski definition) is 1. The van der Waals surface area contributed by atoms with Crippen LogP contribution in [0.1, 0.15) is 15.9 Å². The lowest BCUT2D eigenvalue weighted by Crippen LogP contribution is -1.94. The van der Waals surface area contributed by atoms with Gasteiger partial charge in [0.2, 0.25) is 0 Å². The summed E-state index contributed by atoms with van der Waals surface area (Å²) in [6.07, 6.45) is 1.21. The average Bonchev–Trinajstić information content (AvgIpc) is 2.56. The number of halogens is 1. The zero-order valence-electron chi connectivity index (χ0n) is 7.37. The van der Waals surface area contributed by atoms with Crippen LogP contribution in [-0.4, -0.2) is 11.1 Å². The number of rotatable bonds is 1. The molecular weight excluding hydrogens is 204 g/mol. The Morgan fingerprint density at radius 2 is 2.21 bits per heavy atom. The first-order valence-corrected chi connectivity index (χ1v) is 4.38. The van der Waals surface area contributed by atoms with Crippen LogP contribution in [0.4, 0.5) is 0 Å². The van der Waals surface area contributed by atoms with E-state index in [-0.39, 0.29) is 5.56 Å². The molecule has 1 aromatic carbocycles. The summed E-state index contributed by atoms with van der Waals surface area (Å²) < 4.78 is 5.16. The predicted octanol–water partition coefficient (Wildman–Crippen LogP) is 3.09. The van der Waals surface area contributed by atoms with Crippen molar-refractivity contribution >= 4 is 28.5 Å². The molecule has 0 saturated heterocycles. The number of carboxylic acid groups (broad SMARTS) is 1. The molecule has 0 atom stereocenters. The molecule has 0 aliphatic heterocycles. The second kappa shape index (κ2) is 3.03. The fourth-order valence-electron chi connectivity index (χ4n) is 1.40. The third kappa shape index (κ3) is 1.17. The highest BCUT2D eigenvalue weighted by Crippen LogP contribution is 2.30. The minimum absolute atomic E-state index is 0.105. The highest BCUT2D eigenvalue weighted by atomic mass is 35.5. The number of aryl methyl sites for hydroxylation is 1. The van der Waals surface area contributed by atoms with Crippen molar-refractivity contribution < 1.29 is 14.3 Å². The molecule has 14 heavy (non-hydrogen) atoms. The van der Waals surface area contributed by atoms with Crippen LogP contribution in [-0.2, 0) is 0 Å². The summed E-state index contributed by atoms with van der Waals surface area (Å²) in [5.74, 6) is -1.03. The Kier molecular flexibility index (Phi) is 1.97. The lowest BCUT2D eigenvalue weighted by Gasteiger charge is -1.97. The number of hydrogen-bond acceptors (Lipinski definition) is 2. The van der Waals surface area contributed by atoms with Crippen LogP contribution in [0.15, 0.2) is 22.8 Å². The van der Waals surface area contributed by atoms with E-state index in [0.717, 1.165) is 5.56 Å². The van der Waals surface area contributed by atoms with Crippen LogP contribution in [0.5, 0.6) is 0 Å². The van der Waals surface area contributed by atoms with Crippen LogP contribution in [0, 0.1) is 6.92 Å². The van der Waals surface area contributed by atoms with Crippen molar-refractivity contribution in [1.29, 1.82) is 0 Å². The van der Waals surface area contributed by atoms with Gasteiger partial charge in [-0.25, -0.2) is 4.79 Å². The van der Waals surface area contributed by atoms with Crippen LogP contribution in [0.25, 0.3) is 11.0 Å². The van der Waals surface area contributed by atoms with E-state index in [1.165, 1.54) is 6.26 Å². The first-order valence-electron chi connectivity index (χ1n) is 4.01. The lowest BCUT2D eigenvalue weighted by atomic mass is 10.1. The van der Waals surface area contributed by atoms with E-state index in [9.17, 15) is 4.79 Å². The molecule has 0 unspecified atom stereocenters. The second-order valence-corrected chi connectivity index (χ2v) is 3.43. The van der Waals surface area contributed by atoms with Crippen molar-refractivity contribution in [2.75, 3.05) is 0 Å². The molecule has 3 nitrogen and oxygen atoms in total. The number of carbonyl (C=O) groups is 1. The molecule has 0 fully saturated rings. The summed E-state index contributed by atoms with van der Waals surface area (Å²) in [5.41, 5.74) is 1.51. The minimum atomic E-state index is -1.03. The monoisotopic (exact) mass is 210 g/mol. The van der Waals surface area contributed by atoms with Gasteiger partial charge in [-0.1, -0.05) is 17.7 Å². The predicted molar refractivity (Wildman–Crippen MR) is 52.9 cm³/mol. The Morgan fingerprint density at radius 3 is 2.86 bits per heavy atom. The number of fused-ring (bicyclic) bond motifs is 1. The Labute approximate surface area is 84.9 Å². The van der Waals surface area contributed by atoms with Crippen LogP contribution < -0.4 is 0 Å². The third-order valence-electron chi connectivity index (χ3n) is 2.10.